The molecule has 0 fully saturated rings. The number of nitriles is 2. The van der Waals surface area contributed by atoms with Crippen LogP contribution in [0.3, 0.4) is 0 Å². The molecule has 0 atom stereocenters. The van der Waals surface area contributed by atoms with E-state index in [1.54, 1.807) is 27.7 Å². The lowest BCUT2D eigenvalue weighted by Gasteiger charge is -2.11. The first-order chi connectivity index (χ1) is 6.33. The molecule has 0 rings (SSSR count). The van der Waals surface area contributed by atoms with Crippen LogP contribution in [0.5, 0.6) is 0 Å². The van der Waals surface area contributed by atoms with Crippen LogP contribution >= 0.6 is 0 Å². The van der Waals surface area contributed by atoms with Crippen molar-refractivity contribution in [1.29, 1.82) is 10.5 Å². The van der Waals surface area contributed by atoms with Crippen LogP contribution in [0.25, 0.3) is 0 Å². The van der Waals surface area contributed by atoms with Crippen molar-refractivity contribution in [2.75, 3.05) is 0 Å². The van der Waals surface area contributed by atoms with E-state index in [1.165, 1.54) is 0 Å². The van der Waals surface area contributed by atoms with Crippen molar-refractivity contribution in [2.24, 2.45) is 10.2 Å². The Bertz CT molecular complexity index is 242. The minimum absolute atomic E-state index is 0.839. The third-order valence-corrected chi connectivity index (χ3v) is 1.10. The van der Waals surface area contributed by atoms with Crippen LogP contribution in [0.2, 0.25) is 0 Å². The Morgan fingerprint density at radius 2 is 1.07 bits per heavy atom. The van der Waals surface area contributed by atoms with E-state index in [4.69, 9.17) is 21.0 Å². The molecule has 0 radical (unpaired) electrons. The van der Waals surface area contributed by atoms with E-state index in [9.17, 15) is 0 Å². The van der Waals surface area contributed by atoms with Gasteiger partial charge in [-0.05, 0) is 27.7 Å². The van der Waals surface area contributed by atoms with E-state index in [0.717, 1.165) is 0 Å². The molecule has 0 aromatic heterocycles. The fourth-order valence-corrected chi connectivity index (χ4v) is 0.295. The fourth-order valence-electron chi connectivity index (χ4n) is 0.295. The minimum Gasteiger partial charge on any atom is -0.255 e. The highest BCUT2D eigenvalue weighted by Gasteiger charge is 2.19. The Balaban J connectivity index is 0. The maximum Gasteiger partial charge on any atom is 0.162 e. The molecule has 0 aromatic rings. The third-order valence-electron chi connectivity index (χ3n) is 1.10. The molecule has 0 unspecified atom stereocenters. The van der Waals surface area contributed by atoms with Crippen LogP contribution in [0.1, 0.15) is 27.7 Å². The van der Waals surface area contributed by atoms with Gasteiger partial charge in [0.05, 0.1) is 12.1 Å². The lowest BCUT2D eigenvalue weighted by molar-refractivity contribution is -0.176. The van der Waals surface area contributed by atoms with Crippen LogP contribution in [0, 0.1) is 22.7 Å². The summed E-state index contributed by atoms with van der Waals surface area (Å²) < 4.78 is 0. The molecule has 0 aliphatic heterocycles. The molecule has 14 heavy (non-hydrogen) atoms. The summed E-state index contributed by atoms with van der Waals surface area (Å²) in [5, 5.41) is 36.7. The number of rotatable bonds is 2. The lowest BCUT2D eigenvalue weighted by Crippen LogP contribution is -2.17. The Kier molecular flexibility index (Phi) is 6.46. The normalized spacial score (nSPS) is 11.1. The van der Waals surface area contributed by atoms with Crippen molar-refractivity contribution in [2.45, 2.75) is 38.8 Å². The predicted octanol–water partition coefficient (Wildman–Crippen LogP) is 2.06. The van der Waals surface area contributed by atoms with Gasteiger partial charge in [0.2, 0.25) is 0 Å². The van der Waals surface area contributed by atoms with Gasteiger partial charge in [-0.1, -0.05) is 0 Å². The van der Waals surface area contributed by atoms with E-state index in [-0.39, 0.29) is 0 Å². The van der Waals surface area contributed by atoms with Gasteiger partial charge in [-0.3, -0.25) is 10.5 Å². The molecule has 0 amide bonds. The zero-order valence-corrected chi connectivity index (χ0v) is 8.68. The van der Waals surface area contributed by atoms with Crippen molar-refractivity contribution < 1.29 is 10.5 Å². The fraction of sp³-hybridized carbons (Fsp3) is 0.750. The highest BCUT2D eigenvalue weighted by atomic mass is 17.0. The third kappa shape index (κ3) is 7.17. The Labute approximate surface area is 83.0 Å². The summed E-state index contributed by atoms with van der Waals surface area (Å²) in [4.78, 5) is 0. The molecular weight excluding hydrogens is 184 g/mol. The van der Waals surface area contributed by atoms with Crippen LogP contribution in [0.15, 0.2) is 10.2 Å². The van der Waals surface area contributed by atoms with Crippen molar-refractivity contribution in [3.05, 3.63) is 0 Å². The number of hydrogen-bond donors (Lipinski definition) is 2. The highest BCUT2D eigenvalue weighted by Crippen LogP contribution is 2.13. The van der Waals surface area contributed by atoms with E-state index < -0.39 is 11.1 Å². The maximum atomic E-state index is 8.58. The van der Waals surface area contributed by atoms with E-state index in [0.29, 0.717) is 0 Å². The molecule has 0 bridgehead atoms. The quantitative estimate of drug-likeness (QED) is 0.401. The molecular formula is C8H14N4O2. The summed E-state index contributed by atoms with van der Waals surface area (Å²) >= 11 is 0. The molecule has 78 valence electrons. The summed E-state index contributed by atoms with van der Waals surface area (Å²) in [6, 6.07) is 3.94. The Hall–Kier alpha value is -1.50. The second-order valence-electron chi connectivity index (χ2n) is 3.54. The minimum atomic E-state index is -0.839. The predicted molar refractivity (Wildman–Crippen MR) is 49.5 cm³/mol. The molecule has 0 saturated carbocycles. The Morgan fingerprint density at radius 3 is 1.21 bits per heavy atom. The average molecular weight is 198 g/mol. The first-order valence-electron chi connectivity index (χ1n) is 3.79. The van der Waals surface area contributed by atoms with Crippen molar-refractivity contribution in [1.82, 2.24) is 0 Å². The van der Waals surface area contributed by atoms with E-state index in [2.05, 4.69) is 10.2 Å². The van der Waals surface area contributed by atoms with Gasteiger partial charge in [-0.15, -0.1) is 0 Å². The van der Waals surface area contributed by atoms with Crippen molar-refractivity contribution >= 4 is 0 Å². The van der Waals surface area contributed by atoms with Crippen molar-refractivity contribution in [3.63, 3.8) is 0 Å². The maximum absolute atomic E-state index is 8.58. The molecule has 0 aromatic carbocycles. The summed E-state index contributed by atoms with van der Waals surface area (Å²) in [6.45, 7) is 6.57. The zero-order valence-electron chi connectivity index (χ0n) is 8.68. The number of azo groups is 1. The van der Waals surface area contributed by atoms with Gasteiger partial charge in [0, 0.05) is 0 Å². The van der Waals surface area contributed by atoms with Gasteiger partial charge >= 0.3 is 0 Å². The summed E-state index contributed by atoms with van der Waals surface area (Å²) in [7, 11) is 0. The van der Waals surface area contributed by atoms with Gasteiger partial charge < -0.3 is 0 Å². The second-order valence-corrected chi connectivity index (χ2v) is 3.54. The van der Waals surface area contributed by atoms with Gasteiger partial charge in [0.1, 0.15) is 0 Å². The largest absolute Gasteiger partial charge is 0.255 e. The summed E-state index contributed by atoms with van der Waals surface area (Å²) in [5.74, 6) is 0. The number of hydrogen-bond acceptors (Lipinski definition) is 6. The SMILES string of the molecule is CC(C)(C#N)N=NC(C)(C)C#N.OO. The van der Waals surface area contributed by atoms with Crippen LogP contribution in [0.4, 0.5) is 0 Å². The standard InChI is InChI=1S/C8H12N4.H2O2/c1-7(2,5-9)11-12-8(3,4)6-10;1-2/h1-4H3;1-2H. The molecule has 0 heterocycles. The van der Waals surface area contributed by atoms with Crippen LogP contribution < -0.4 is 0 Å². The Morgan fingerprint density at radius 1 is 0.857 bits per heavy atom. The van der Waals surface area contributed by atoms with Gasteiger partial charge in [-0.2, -0.15) is 20.8 Å². The highest BCUT2D eigenvalue weighted by molar-refractivity contribution is 5.03. The van der Waals surface area contributed by atoms with Gasteiger partial charge in [0.25, 0.3) is 0 Å². The molecule has 6 nitrogen and oxygen atoms in total. The zero-order chi connectivity index (χ0) is 11.8. The molecule has 0 spiro atoms. The molecule has 0 aliphatic carbocycles. The van der Waals surface area contributed by atoms with E-state index in [1.807, 2.05) is 12.1 Å². The van der Waals surface area contributed by atoms with Gasteiger partial charge in [0.15, 0.2) is 11.1 Å². The molecule has 0 aliphatic rings. The first-order valence-corrected chi connectivity index (χ1v) is 3.79. The monoisotopic (exact) mass is 198 g/mol. The van der Waals surface area contributed by atoms with Gasteiger partial charge in [-0.25, -0.2) is 0 Å². The molecule has 6 heteroatoms. The molecule has 0 saturated heterocycles. The molecule has 2 N–H and O–H groups in total. The lowest BCUT2D eigenvalue weighted by atomic mass is 10.1. The smallest absolute Gasteiger partial charge is 0.162 e. The topological polar surface area (TPSA) is 113 Å². The summed E-state index contributed by atoms with van der Waals surface area (Å²) in [5.41, 5.74) is -1.68. The first kappa shape index (κ1) is 15.0. The van der Waals surface area contributed by atoms with Crippen molar-refractivity contribution in [3.8, 4) is 12.1 Å². The summed E-state index contributed by atoms with van der Waals surface area (Å²) in [6.07, 6.45) is 0. The second kappa shape index (κ2) is 6.03. The van der Waals surface area contributed by atoms with E-state index >= 15 is 0 Å². The average Bonchev–Trinajstić information content (AvgIpc) is 2.19. The number of nitrogens with zero attached hydrogens (tertiary/aromatic N) is 4. The van der Waals surface area contributed by atoms with Crippen LogP contribution in [-0.4, -0.2) is 21.6 Å². The van der Waals surface area contributed by atoms with Crippen LogP contribution in [-0.2, 0) is 0 Å².